The van der Waals surface area contributed by atoms with E-state index in [2.05, 4.69) is 15.3 Å². The van der Waals surface area contributed by atoms with E-state index in [1.54, 1.807) is 42.6 Å². The number of hydrogen-bond donors (Lipinski definition) is 2. The van der Waals surface area contributed by atoms with Crippen LogP contribution in [0.2, 0.25) is 0 Å². The van der Waals surface area contributed by atoms with E-state index in [4.69, 9.17) is 5.73 Å². The number of fused-ring (bicyclic) bond motifs is 1. The lowest BCUT2D eigenvalue weighted by molar-refractivity contribution is 0.0999. The molecule has 2 heterocycles. The van der Waals surface area contributed by atoms with Crippen LogP contribution in [0.3, 0.4) is 0 Å². The number of carbonyl (C=O) groups excluding carboxylic acids is 2. The van der Waals surface area contributed by atoms with Crippen molar-refractivity contribution >= 4 is 39.9 Å². The number of rotatable bonds is 4. The maximum Gasteiger partial charge on any atom is 0.265 e. The van der Waals surface area contributed by atoms with Crippen LogP contribution in [-0.2, 0) is 0 Å². The van der Waals surface area contributed by atoms with Gasteiger partial charge in [0.2, 0.25) is 0 Å². The van der Waals surface area contributed by atoms with Crippen molar-refractivity contribution < 1.29 is 9.59 Å². The minimum atomic E-state index is -0.543. The second kappa shape index (κ2) is 6.97. The summed E-state index contributed by atoms with van der Waals surface area (Å²) in [4.78, 5) is 33.3. The highest BCUT2D eigenvalue weighted by molar-refractivity contribution is 7.12. The lowest BCUT2D eigenvalue weighted by Gasteiger charge is -2.07. The highest BCUT2D eigenvalue weighted by Gasteiger charge is 2.11. The van der Waals surface area contributed by atoms with E-state index in [1.807, 2.05) is 23.6 Å². The summed E-state index contributed by atoms with van der Waals surface area (Å²) in [6, 6.07) is 16.0. The average molecular weight is 374 g/mol. The molecule has 7 heteroatoms. The predicted molar refractivity (Wildman–Crippen MR) is 106 cm³/mol. The molecule has 3 N–H and O–H groups in total. The molecule has 27 heavy (non-hydrogen) atoms. The number of primary amides is 1. The van der Waals surface area contributed by atoms with Gasteiger partial charge >= 0.3 is 0 Å². The van der Waals surface area contributed by atoms with E-state index in [9.17, 15) is 9.59 Å². The summed E-state index contributed by atoms with van der Waals surface area (Å²) < 4.78 is 0. The average Bonchev–Trinajstić information content (AvgIpc) is 3.22. The zero-order valence-corrected chi connectivity index (χ0v) is 14.9. The molecule has 0 atom stereocenters. The summed E-state index contributed by atoms with van der Waals surface area (Å²) in [5.41, 5.74) is 8.96. The second-order valence-electron chi connectivity index (χ2n) is 5.80. The number of nitrogens with one attached hydrogen (secondary N) is 1. The van der Waals surface area contributed by atoms with Gasteiger partial charge in [0, 0.05) is 11.3 Å². The van der Waals surface area contributed by atoms with Crippen LogP contribution in [0, 0.1) is 0 Å². The molecule has 0 radical (unpaired) electrons. The first-order valence-corrected chi connectivity index (χ1v) is 9.00. The van der Waals surface area contributed by atoms with Crippen LogP contribution in [0.25, 0.3) is 22.3 Å². The van der Waals surface area contributed by atoms with E-state index in [1.165, 1.54) is 11.3 Å². The quantitative estimate of drug-likeness (QED) is 0.569. The van der Waals surface area contributed by atoms with E-state index in [0.29, 0.717) is 32.9 Å². The monoisotopic (exact) mass is 374 g/mol. The van der Waals surface area contributed by atoms with Gasteiger partial charge in [-0.25, -0.2) is 4.98 Å². The Labute approximate surface area is 158 Å². The molecule has 0 bridgehead atoms. The molecule has 4 rings (SSSR count). The van der Waals surface area contributed by atoms with Crippen LogP contribution in [-0.4, -0.2) is 21.8 Å². The fourth-order valence-corrected chi connectivity index (χ4v) is 3.31. The van der Waals surface area contributed by atoms with Crippen molar-refractivity contribution in [3.8, 4) is 11.3 Å². The number of aromatic nitrogens is 2. The molecule has 0 aliphatic heterocycles. The lowest BCUT2D eigenvalue weighted by Crippen LogP contribution is -2.12. The van der Waals surface area contributed by atoms with E-state index >= 15 is 0 Å². The largest absolute Gasteiger partial charge is 0.366 e. The maximum atomic E-state index is 12.1. The summed E-state index contributed by atoms with van der Waals surface area (Å²) in [6.45, 7) is 0. The zero-order valence-electron chi connectivity index (χ0n) is 14.0. The molecule has 0 fully saturated rings. The standard InChI is InChI=1S/C20H14N4O2S/c21-19(25)14-3-1-4-15-18(14)24-16(11-22-15)12-6-8-13(9-7-12)23-20(26)17-5-2-10-27-17/h1-11H,(H2,21,25)(H,23,26). The number of anilines is 1. The minimum Gasteiger partial charge on any atom is -0.366 e. The molecule has 2 aromatic carbocycles. The number of para-hydroxylation sites is 1. The SMILES string of the molecule is NC(=O)c1cccc2ncc(-c3ccc(NC(=O)c4cccs4)cc3)nc12. The summed E-state index contributed by atoms with van der Waals surface area (Å²) in [6.07, 6.45) is 1.65. The highest BCUT2D eigenvalue weighted by Crippen LogP contribution is 2.23. The zero-order chi connectivity index (χ0) is 18.8. The molecule has 4 aromatic rings. The molecule has 6 nitrogen and oxygen atoms in total. The summed E-state index contributed by atoms with van der Waals surface area (Å²) in [7, 11) is 0. The van der Waals surface area contributed by atoms with Gasteiger partial charge in [-0.05, 0) is 35.7 Å². The van der Waals surface area contributed by atoms with Gasteiger partial charge in [-0.3, -0.25) is 14.6 Å². The van der Waals surface area contributed by atoms with E-state index in [-0.39, 0.29) is 5.91 Å². The van der Waals surface area contributed by atoms with E-state index in [0.717, 1.165) is 5.56 Å². The van der Waals surface area contributed by atoms with Gasteiger partial charge in [0.15, 0.2) is 0 Å². The Kier molecular flexibility index (Phi) is 4.35. The van der Waals surface area contributed by atoms with Gasteiger partial charge in [0.1, 0.15) is 5.52 Å². The third-order valence-corrected chi connectivity index (χ3v) is 4.89. The number of benzene rings is 2. The lowest BCUT2D eigenvalue weighted by atomic mass is 10.1. The third kappa shape index (κ3) is 3.40. The smallest absolute Gasteiger partial charge is 0.265 e. The Morgan fingerprint density at radius 2 is 1.81 bits per heavy atom. The molecule has 0 aliphatic carbocycles. The first kappa shape index (κ1) is 16.9. The molecule has 2 amide bonds. The van der Waals surface area contributed by atoms with Gasteiger partial charge in [0.05, 0.1) is 27.8 Å². The number of hydrogen-bond acceptors (Lipinski definition) is 5. The van der Waals surface area contributed by atoms with Crippen molar-refractivity contribution in [2.24, 2.45) is 5.73 Å². The summed E-state index contributed by atoms with van der Waals surface area (Å²) >= 11 is 1.39. The normalized spacial score (nSPS) is 10.7. The topological polar surface area (TPSA) is 98.0 Å². The Morgan fingerprint density at radius 3 is 2.52 bits per heavy atom. The molecule has 0 unspecified atom stereocenters. The summed E-state index contributed by atoms with van der Waals surface area (Å²) in [5, 5.41) is 4.71. The molecule has 0 spiro atoms. The van der Waals surface area contributed by atoms with Crippen LogP contribution < -0.4 is 11.1 Å². The Balaban J connectivity index is 1.63. The minimum absolute atomic E-state index is 0.144. The number of nitrogens with two attached hydrogens (primary N) is 1. The van der Waals surface area contributed by atoms with Crippen molar-refractivity contribution in [2.45, 2.75) is 0 Å². The Hall–Kier alpha value is -3.58. The Morgan fingerprint density at radius 1 is 1.00 bits per heavy atom. The van der Waals surface area contributed by atoms with Crippen LogP contribution in [0.15, 0.2) is 66.2 Å². The van der Waals surface area contributed by atoms with Crippen molar-refractivity contribution in [1.82, 2.24) is 9.97 Å². The molecule has 0 saturated heterocycles. The molecular formula is C20H14N4O2S. The first-order chi connectivity index (χ1) is 13.1. The van der Waals surface area contributed by atoms with Crippen molar-refractivity contribution in [3.63, 3.8) is 0 Å². The van der Waals surface area contributed by atoms with Gasteiger partial charge < -0.3 is 11.1 Å². The van der Waals surface area contributed by atoms with Gasteiger partial charge in [-0.2, -0.15) is 0 Å². The molecule has 0 saturated carbocycles. The van der Waals surface area contributed by atoms with Gasteiger partial charge in [0.25, 0.3) is 11.8 Å². The van der Waals surface area contributed by atoms with Crippen LogP contribution in [0.1, 0.15) is 20.0 Å². The number of nitrogens with zero attached hydrogens (tertiary/aromatic N) is 2. The molecule has 2 aromatic heterocycles. The van der Waals surface area contributed by atoms with Crippen molar-refractivity contribution in [3.05, 3.63) is 76.6 Å². The van der Waals surface area contributed by atoms with Gasteiger partial charge in [-0.1, -0.05) is 24.3 Å². The van der Waals surface area contributed by atoms with Crippen LogP contribution in [0.5, 0.6) is 0 Å². The van der Waals surface area contributed by atoms with E-state index < -0.39 is 5.91 Å². The molecular weight excluding hydrogens is 360 g/mol. The fourth-order valence-electron chi connectivity index (χ4n) is 2.70. The van der Waals surface area contributed by atoms with Crippen molar-refractivity contribution in [2.75, 3.05) is 5.32 Å². The number of amides is 2. The molecule has 0 aliphatic rings. The number of carbonyl (C=O) groups is 2. The predicted octanol–water partition coefficient (Wildman–Crippen LogP) is 3.71. The number of thiophene rings is 1. The van der Waals surface area contributed by atoms with Gasteiger partial charge in [-0.15, -0.1) is 11.3 Å². The van der Waals surface area contributed by atoms with Crippen LogP contribution in [0.4, 0.5) is 5.69 Å². The van der Waals surface area contributed by atoms with Crippen molar-refractivity contribution in [1.29, 1.82) is 0 Å². The highest BCUT2D eigenvalue weighted by atomic mass is 32.1. The molecule has 132 valence electrons. The first-order valence-electron chi connectivity index (χ1n) is 8.13. The second-order valence-corrected chi connectivity index (χ2v) is 6.75. The summed E-state index contributed by atoms with van der Waals surface area (Å²) in [5.74, 6) is -0.687. The fraction of sp³-hybridized carbons (Fsp3) is 0. The van der Waals surface area contributed by atoms with Crippen LogP contribution >= 0.6 is 11.3 Å². The maximum absolute atomic E-state index is 12.1. The Bertz CT molecular complexity index is 1140. The third-order valence-electron chi connectivity index (χ3n) is 4.02.